The van der Waals surface area contributed by atoms with Crippen LogP contribution in [0.15, 0.2) is 60.7 Å². The quantitative estimate of drug-likeness (QED) is 0.794. The molecule has 0 radical (unpaired) electrons. The number of phosphoric acid groups is 1. The number of hydrogen-bond acceptors (Lipinski definition) is 5. The maximum atomic E-state index is 12.6. The smallest absolute Gasteiger partial charge is 0.395 e. The first-order chi connectivity index (χ1) is 9.72. The topological polar surface area (TPSA) is 70.8 Å². The maximum Gasteiger partial charge on any atom is 0.587 e. The van der Waals surface area contributed by atoms with Crippen LogP contribution in [-0.2, 0) is 9.09 Å². The van der Waals surface area contributed by atoms with Crippen molar-refractivity contribution in [3.05, 3.63) is 60.7 Å². The summed E-state index contributed by atoms with van der Waals surface area (Å²) >= 11 is 0. The molecule has 5 nitrogen and oxygen atoms in total. The molecule has 2 N–H and O–H groups in total. The molecular formula is C14H16NO4P. The lowest BCUT2D eigenvalue weighted by Gasteiger charge is -2.18. The molecule has 0 aliphatic heterocycles. The van der Waals surface area contributed by atoms with Crippen LogP contribution >= 0.6 is 7.82 Å². The van der Waals surface area contributed by atoms with E-state index in [2.05, 4.69) is 0 Å². The van der Waals surface area contributed by atoms with Crippen molar-refractivity contribution in [3.63, 3.8) is 0 Å². The predicted molar refractivity (Wildman–Crippen MR) is 76.8 cm³/mol. The monoisotopic (exact) mass is 293 g/mol. The molecule has 0 aromatic heterocycles. The Labute approximate surface area is 117 Å². The zero-order chi connectivity index (χ0) is 14.3. The lowest BCUT2D eigenvalue weighted by atomic mass is 10.3. The Kier molecular flexibility index (Phi) is 5.18. The summed E-state index contributed by atoms with van der Waals surface area (Å²) in [6, 6.07) is 17.4. The fraction of sp³-hybridized carbons (Fsp3) is 0.143. The van der Waals surface area contributed by atoms with Crippen molar-refractivity contribution in [2.24, 2.45) is 5.73 Å². The van der Waals surface area contributed by atoms with E-state index in [1.54, 1.807) is 48.5 Å². The van der Waals surface area contributed by atoms with Crippen LogP contribution in [0.2, 0.25) is 0 Å². The fourth-order valence-electron chi connectivity index (χ4n) is 1.46. The largest absolute Gasteiger partial charge is 0.587 e. The van der Waals surface area contributed by atoms with Gasteiger partial charge in [-0.1, -0.05) is 36.4 Å². The number of phosphoric ester groups is 1. The predicted octanol–water partition coefficient (Wildman–Crippen LogP) is 3.23. The molecule has 0 atom stereocenters. The Hall–Kier alpha value is -1.81. The second kappa shape index (κ2) is 7.10. The van der Waals surface area contributed by atoms with Crippen LogP contribution in [0.3, 0.4) is 0 Å². The van der Waals surface area contributed by atoms with Gasteiger partial charge in [-0.05, 0) is 24.3 Å². The van der Waals surface area contributed by atoms with E-state index in [9.17, 15) is 4.57 Å². The average Bonchev–Trinajstić information content (AvgIpc) is 2.47. The third kappa shape index (κ3) is 4.38. The second-order valence-electron chi connectivity index (χ2n) is 3.88. The van der Waals surface area contributed by atoms with Crippen molar-refractivity contribution in [1.82, 2.24) is 0 Å². The van der Waals surface area contributed by atoms with E-state index in [1.807, 2.05) is 12.1 Å². The molecule has 0 spiro atoms. The molecule has 2 aromatic rings. The van der Waals surface area contributed by atoms with E-state index in [-0.39, 0.29) is 13.2 Å². The van der Waals surface area contributed by atoms with Gasteiger partial charge in [-0.25, -0.2) is 4.57 Å². The van der Waals surface area contributed by atoms with Gasteiger partial charge < -0.3 is 14.8 Å². The summed E-state index contributed by atoms with van der Waals surface area (Å²) in [5.74, 6) is 0.813. The van der Waals surface area contributed by atoms with E-state index in [1.165, 1.54) is 0 Å². The van der Waals surface area contributed by atoms with Crippen molar-refractivity contribution in [2.75, 3.05) is 13.2 Å². The van der Waals surface area contributed by atoms with Gasteiger partial charge in [-0.2, -0.15) is 0 Å². The normalized spacial score (nSPS) is 11.1. The average molecular weight is 293 g/mol. The zero-order valence-corrected chi connectivity index (χ0v) is 11.7. The molecular weight excluding hydrogens is 277 g/mol. The molecule has 0 saturated carbocycles. The number of nitrogens with two attached hydrogens (primary N) is 1. The van der Waals surface area contributed by atoms with Gasteiger partial charge in [-0.15, -0.1) is 0 Å². The lowest BCUT2D eigenvalue weighted by molar-refractivity contribution is 0.215. The van der Waals surface area contributed by atoms with Gasteiger partial charge in [0.1, 0.15) is 11.5 Å². The summed E-state index contributed by atoms with van der Waals surface area (Å²) < 4.78 is 28.5. The first kappa shape index (κ1) is 14.6. The van der Waals surface area contributed by atoms with Crippen LogP contribution < -0.4 is 14.8 Å². The minimum atomic E-state index is -3.76. The molecule has 2 rings (SSSR count). The van der Waals surface area contributed by atoms with Crippen LogP contribution in [0, 0.1) is 0 Å². The van der Waals surface area contributed by atoms with Crippen LogP contribution in [0.5, 0.6) is 11.5 Å². The molecule has 0 amide bonds. The van der Waals surface area contributed by atoms with Gasteiger partial charge in [0.05, 0.1) is 6.61 Å². The van der Waals surface area contributed by atoms with Gasteiger partial charge in [0, 0.05) is 6.54 Å². The van der Waals surface area contributed by atoms with Crippen LogP contribution in [0.1, 0.15) is 0 Å². The van der Waals surface area contributed by atoms with Gasteiger partial charge in [0.2, 0.25) is 0 Å². The van der Waals surface area contributed by atoms with Gasteiger partial charge in [0.15, 0.2) is 0 Å². The molecule has 0 saturated heterocycles. The summed E-state index contributed by atoms with van der Waals surface area (Å²) in [4.78, 5) is 0. The SMILES string of the molecule is NCCOP(=O)(Oc1ccccc1)Oc1ccccc1. The van der Waals surface area contributed by atoms with Crippen molar-refractivity contribution in [3.8, 4) is 11.5 Å². The van der Waals surface area contributed by atoms with Crippen LogP contribution in [0.4, 0.5) is 0 Å². The highest BCUT2D eigenvalue weighted by Gasteiger charge is 2.30. The molecule has 0 bridgehead atoms. The Morgan fingerprint density at radius 3 is 1.70 bits per heavy atom. The van der Waals surface area contributed by atoms with Crippen molar-refractivity contribution in [1.29, 1.82) is 0 Å². The highest BCUT2D eigenvalue weighted by atomic mass is 31.2. The summed E-state index contributed by atoms with van der Waals surface area (Å²) in [5.41, 5.74) is 5.37. The minimum Gasteiger partial charge on any atom is -0.395 e. The standard InChI is InChI=1S/C14H16NO4P/c15-11-12-17-20(16,18-13-7-3-1-4-8-13)19-14-9-5-2-6-10-14/h1-10H,11-12,15H2. The molecule has 0 fully saturated rings. The third-order valence-corrected chi connectivity index (χ3v) is 3.66. The third-order valence-electron chi connectivity index (χ3n) is 2.29. The molecule has 0 aliphatic carbocycles. The van der Waals surface area contributed by atoms with Crippen molar-refractivity contribution in [2.45, 2.75) is 0 Å². The van der Waals surface area contributed by atoms with E-state index >= 15 is 0 Å². The first-order valence-electron chi connectivity index (χ1n) is 6.16. The van der Waals surface area contributed by atoms with Gasteiger partial charge in [0.25, 0.3) is 0 Å². The second-order valence-corrected chi connectivity index (χ2v) is 5.40. The number of rotatable bonds is 7. The summed E-state index contributed by atoms with van der Waals surface area (Å²) in [7, 11) is -3.76. The van der Waals surface area contributed by atoms with E-state index in [0.717, 1.165) is 0 Å². The number of benzene rings is 2. The van der Waals surface area contributed by atoms with E-state index in [0.29, 0.717) is 11.5 Å². The maximum absolute atomic E-state index is 12.6. The molecule has 106 valence electrons. The molecule has 0 unspecified atom stereocenters. The van der Waals surface area contributed by atoms with Crippen LogP contribution in [-0.4, -0.2) is 13.2 Å². The van der Waals surface area contributed by atoms with E-state index < -0.39 is 7.82 Å². The minimum absolute atomic E-state index is 0.0803. The Morgan fingerprint density at radius 1 is 0.850 bits per heavy atom. The molecule has 20 heavy (non-hydrogen) atoms. The van der Waals surface area contributed by atoms with E-state index in [4.69, 9.17) is 19.3 Å². The fourth-order valence-corrected chi connectivity index (χ4v) is 2.69. The lowest BCUT2D eigenvalue weighted by Crippen LogP contribution is -2.12. The first-order valence-corrected chi connectivity index (χ1v) is 7.62. The number of para-hydroxylation sites is 2. The summed E-state index contributed by atoms with van der Waals surface area (Å²) in [6.45, 7) is 0.303. The highest BCUT2D eigenvalue weighted by molar-refractivity contribution is 7.49. The summed E-state index contributed by atoms with van der Waals surface area (Å²) in [5, 5.41) is 0. The van der Waals surface area contributed by atoms with Crippen LogP contribution in [0.25, 0.3) is 0 Å². The molecule has 6 heteroatoms. The Morgan fingerprint density at radius 2 is 1.30 bits per heavy atom. The van der Waals surface area contributed by atoms with Gasteiger partial charge >= 0.3 is 7.82 Å². The van der Waals surface area contributed by atoms with Crippen molar-refractivity contribution < 1.29 is 18.1 Å². The van der Waals surface area contributed by atoms with Gasteiger partial charge in [-0.3, -0.25) is 4.52 Å². The Balaban J connectivity index is 2.15. The number of hydrogen-bond donors (Lipinski definition) is 1. The molecule has 0 heterocycles. The van der Waals surface area contributed by atoms with Crippen molar-refractivity contribution >= 4 is 7.82 Å². The molecule has 2 aromatic carbocycles. The molecule has 0 aliphatic rings. The highest BCUT2D eigenvalue weighted by Crippen LogP contribution is 2.49. The Bertz CT molecular complexity index is 516. The zero-order valence-electron chi connectivity index (χ0n) is 10.8. The summed E-state index contributed by atoms with van der Waals surface area (Å²) in [6.07, 6.45) is 0.